The van der Waals surface area contributed by atoms with Gasteiger partial charge in [0.05, 0.1) is 5.69 Å². The maximum Gasteiger partial charge on any atom is 0.199 e. The number of hydrogen-bond donors (Lipinski definition) is 0. The van der Waals surface area contributed by atoms with Crippen LogP contribution in [0.15, 0.2) is 18.3 Å². The van der Waals surface area contributed by atoms with E-state index in [0.29, 0.717) is 10.8 Å². The molecule has 5 nitrogen and oxygen atoms in total. The zero-order valence-electron chi connectivity index (χ0n) is 10.8. The van der Waals surface area contributed by atoms with Crippen molar-refractivity contribution in [2.45, 2.75) is 20.8 Å². The van der Waals surface area contributed by atoms with Crippen LogP contribution in [0.25, 0.3) is 17.0 Å². The summed E-state index contributed by atoms with van der Waals surface area (Å²) in [7, 11) is 0. The number of halogens is 1. The van der Waals surface area contributed by atoms with E-state index in [9.17, 15) is 0 Å². The molecule has 0 aromatic carbocycles. The zero-order valence-corrected chi connectivity index (χ0v) is 11.6. The van der Waals surface area contributed by atoms with Crippen LogP contribution in [0.2, 0.25) is 5.15 Å². The monoisotopic (exact) mass is 273 g/mol. The largest absolute Gasteiger partial charge is 0.275 e. The second-order valence-corrected chi connectivity index (χ2v) is 4.75. The molecule has 0 bridgehead atoms. The minimum atomic E-state index is 0.364. The number of nitrogens with zero attached hydrogens (tertiary/aromatic N) is 5. The molecule has 0 aliphatic heterocycles. The highest BCUT2D eigenvalue weighted by atomic mass is 35.5. The Kier molecular flexibility index (Phi) is 2.71. The van der Waals surface area contributed by atoms with Gasteiger partial charge in [0.1, 0.15) is 0 Å². The lowest BCUT2D eigenvalue weighted by atomic mass is 10.2. The van der Waals surface area contributed by atoms with Gasteiger partial charge in [0, 0.05) is 23.1 Å². The van der Waals surface area contributed by atoms with Crippen LogP contribution in [-0.2, 0) is 0 Å². The first-order valence-electron chi connectivity index (χ1n) is 5.89. The van der Waals surface area contributed by atoms with Crippen LogP contribution >= 0.6 is 11.6 Å². The normalized spacial score (nSPS) is 11.2. The molecule has 0 unspecified atom stereocenters. The summed E-state index contributed by atoms with van der Waals surface area (Å²) in [4.78, 5) is 8.54. The molecule has 0 fully saturated rings. The number of fused-ring (bicyclic) bond motifs is 1. The molecule has 0 spiro atoms. The van der Waals surface area contributed by atoms with Crippen LogP contribution < -0.4 is 0 Å². The van der Waals surface area contributed by atoms with Gasteiger partial charge in [-0.25, -0.2) is 4.98 Å². The predicted octanol–water partition coefficient (Wildman–Crippen LogP) is 2.76. The predicted molar refractivity (Wildman–Crippen MR) is 73.2 cm³/mol. The number of aryl methyl sites for hydroxylation is 3. The molecule has 0 saturated carbocycles. The summed E-state index contributed by atoms with van der Waals surface area (Å²) in [5, 5.41) is 8.73. The standard InChI is InChI=1S/C13H12ClN5/c1-7-9(3)19-12(10-5-4-6-15-8(10)2)17-18-13(19)11(14)16-7/h4-6H,1-3H3. The average molecular weight is 274 g/mol. The van der Waals surface area contributed by atoms with E-state index in [2.05, 4.69) is 20.2 Å². The fourth-order valence-electron chi connectivity index (χ4n) is 2.07. The summed E-state index contributed by atoms with van der Waals surface area (Å²) < 4.78 is 1.93. The van der Waals surface area contributed by atoms with Crippen molar-refractivity contribution in [3.05, 3.63) is 40.6 Å². The van der Waals surface area contributed by atoms with Crippen molar-refractivity contribution in [2.24, 2.45) is 0 Å². The van der Waals surface area contributed by atoms with Crippen molar-refractivity contribution >= 4 is 17.2 Å². The summed E-state index contributed by atoms with van der Waals surface area (Å²) in [6.45, 7) is 5.84. The van der Waals surface area contributed by atoms with Crippen LogP contribution in [0.3, 0.4) is 0 Å². The van der Waals surface area contributed by atoms with Gasteiger partial charge in [0.2, 0.25) is 0 Å². The highest BCUT2D eigenvalue weighted by molar-refractivity contribution is 6.32. The summed E-state index contributed by atoms with van der Waals surface area (Å²) in [6, 6.07) is 3.86. The lowest BCUT2D eigenvalue weighted by molar-refractivity contribution is 0.996. The molecular weight excluding hydrogens is 262 g/mol. The fraction of sp³-hybridized carbons (Fsp3) is 0.231. The van der Waals surface area contributed by atoms with E-state index < -0.39 is 0 Å². The van der Waals surface area contributed by atoms with E-state index in [1.165, 1.54) is 0 Å². The number of pyridine rings is 1. The van der Waals surface area contributed by atoms with Gasteiger partial charge in [-0.3, -0.25) is 9.38 Å². The molecular formula is C13H12ClN5. The van der Waals surface area contributed by atoms with Gasteiger partial charge >= 0.3 is 0 Å². The Hall–Kier alpha value is -2.01. The molecule has 0 aliphatic carbocycles. The Morgan fingerprint density at radius 1 is 1.11 bits per heavy atom. The SMILES string of the molecule is Cc1ncccc1-c1nnc2c(Cl)nc(C)c(C)n12. The second-order valence-electron chi connectivity index (χ2n) is 4.39. The van der Waals surface area contributed by atoms with Crippen LogP contribution in [0.1, 0.15) is 17.1 Å². The molecule has 0 amide bonds. The lowest BCUT2D eigenvalue weighted by Gasteiger charge is -2.08. The minimum Gasteiger partial charge on any atom is -0.275 e. The van der Waals surface area contributed by atoms with Crippen LogP contribution in [0.5, 0.6) is 0 Å². The number of aromatic nitrogens is 5. The van der Waals surface area contributed by atoms with E-state index >= 15 is 0 Å². The molecule has 3 rings (SSSR count). The Bertz CT molecular complexity index is 778. The molecule has 3 aromatic rings. The molecule has 3 aromatic heterocycles. The lowest BCUT2D eigenvalue weighted by Crippen LogP contribution is -2.01. The molecule has 0 N–H and O–H groups in total. The van der Waals surface area contributed by atoms with Gasteiger partial charge in [-0.15, -0.1) is 10.2 Å². The Balaban J connectivity index is 2.41. The number of hydrogen-bond acceptors (Lipinski definition) is 4. The highest BCUT2D eigenvalue weighted by Gasteiger charge is 2.16. The Morgan fingerprint density at radius 3 is 2.63 bits per heavy atom. The Labute approximate surface area is 115 Å². The molecule has 3 heterocycles. The van der Waals surface area contributed by atoms with E-state index in [1.807, 2.05) is 37.3 Å². The van der Waals surface area contributed by atoms with Crippen molar-refractivity contribution in [3.63, 3.8) is 0 Å². The molecule has 19 heavy (non-hydrogen) atoms. The van der Waals surface area contributed by atoms with Gasteiger partial charge in [0.25, 0.3) is 0 Å². The molecule has 96 valence electrons. The van der Waals surface area contributed by atoms with Crippen LogP contribution in [0, 0.1) is 20.8 Å². The third kappa shape index (κ3) is 1.77. The van der Waals surface area contributed by atoms with Gasteiger partial charge in [0.15, 0.2) is 16.6 Å². The number of rotatable bonds is 1. The van der Waals surface area contributed by atoms with E-state index in [0.717, 1.165) is 28.5 Å². The topological polar surface area (TPSA) is 56.0 Å². The third-order valence-electron chi connectivity index (χ3n) is 3.22. The quantitative estimate of drug-likeness (QED) is 0.684. The van der Waals surface area contributed by atoms with E-state index in [4.69, 9.17) is 11.6 Å². The second kappa shape index (κ2) is 4.28. The summed E-state index contributed by atoms with van der Waals surface area (Å²) in [6.07, 6.45) is 1.76. The average Bonchev–Trinajstić information content (AvgIpc) is 2.82. The molecule has 0 atom stereocenters. The first kappa shape index (κ1) is 12.0. The highest BCUT2D eigenvalue weighted by Crippen LogP contribution is 2.25. The third-order valence-corrected chi connectivity index (χ3v) is 3.47. The smallest absolute Gasteiger partial charge is 0.199 e. The molecule has 0 saturated heterocycles. The molecule has 0 aliphatic rings. The van der Waals surface area contributed by atoms with E-state index in [1.54, 1.807) is 6.20 Å². The molecule has 6 heteroatoms. The van der Waals surface area contributed by atoms with Gasteiger partial charge < -0.3 is 0 Å². The Morgan fingerprint density at radius 2 is 1.89 bits per heavy atom. The van der Waals surface area contributed by atoms with Crippen molar-refractivity contribution in [2.75, 3.05) is 0 Å². The minimum absolute atomic E-state index is 0.364. The van der Waals surface area contributed by atoms with Crippen LogP contribution in [-0.4, -0.2) is 24.6 Å². The zero-order chi connectivity index (χ0) is 13.6. The van der Waals surface area contributed by atoms with Gasteiger partial charge in [-0.2, -0.15) is 0 Å². The van der Waals surface area contributed by atoms with Gasteiger partial charge in [-0.05, 0) is 32.9 Å². The van der Waals surface area contributed by atoms with Crippen molar-refractivity contribution in [3.8, 4) is 11.4 Å². The molecule has 0 radical (unpaired) electrons. The summed E-state index contributed by atoms with van der Waals surface area (Å²) in [5.41, 5.74) is 4.26. The van der Waals surface area contributed by atoms with Crippen molar-refractivity contribution < 1.29 is 0 Å². The first-order chi connectivity index (χ1) is 9.09. The summed E-state index contributed by atoms with van der Waals surface area (Å²) >= 11 is 6.12. The van der Waals surface area contributed by atoms with E-state index in [-0.39, 0.29) is 0 Å². The first-order valence-corrected chi connectivity index (χ1v) is 6.27. The van der Waals surface area contributed by atoms with Crippen LogP contribution in [0.4, 0.5) is 0 Å². The summed E-state index contributed by atoms with van der Waals surface area (Å²) in [5.74, 6) is 0.741. The maximum absolute atomic E-state index is 6.12. The van der Waals surface area contributed by atoms with Crippen molar-refractivity contribution in [1.82, 2.24) is 24.6 Å². The van der Waals surface area contributed by atoms with Gasteiger partial charge in [-0.1, -0.05) is 11.6 Å². The fourth-order valence-corrected chi connectivity index (χ4v) is 2.32. The maximum atomic E-state index is 6.12. The van der Waals surface area contributed by atoms with Crippen molar-refractivity contribution in [1.29, 1.82) is 0 Å².